The summed E-state index contributed by atoms with van der Waals surface area (Å²) < 4.78 is 16.6. The first-order valence-corrected chi connectivity index (χ1v) is 6.35. The minimum absolute atomic E-state index is 0.194. The van der Waals surface area contributed by atoms with E-state index in [2.05, 4.69) is 26.1 Å². The maximum Gasteiger partial charge on any atom is 0.240 e. The average molecular weight is 328 g/mol. The lowest BCUT2D eigenvalue weighted by Crippen LogP contribution is -1.99. The maximum atomic E-state index is 5.47. The third-order valence-electron chi connectivity index (χ3n) is 2.73. The molecule has 1 aromatic heterocycles. The Morgan fingerprint density at radius 3 is 2.63 bits per heavy atom. The van der Waals surface area contributed by atoms with Gasteiger partial charge < -0.3 is 19.7 Å². The molecule has 0 saturated heterocycles. The van der Waals surface area contributed by atoms with Crippen molar-refractivity contribution in [3.8, 4) is 22.9 Å². The van der Waals surface area contributed by atoms with Crippen LogP contribution in [0.5, 0.6) is 11.5 Å². The molecule has 2 rings (SSSR count). The van der Waals surface area contributed by atoms with E-state index in [0.29, 0.717) is 23.2 Å². The van der Waals surface area contributed by atoms with Gasteiger partial charge in [0.1, 0.15) is 0 Å². The second-order valence-electron chi connectivity index (χ2n) is 3.81. The topological polar surface area (TPSA) is 83.4 Å². The monoisotopic (exact) mass is 327 g/mol. The van der Waals surface area contributed by atoms with Crippen molar-refractivity contribution in [1.29, 1.82) is 0 Å². The van der Waals surface area contributed by atoms with Gasteiger partial charge in [-0.1, -0.05) is 21.1 Å². The Hall–Kier alpha value is -1.60. The Morgan fingerprint density at radius 1 is 1.37 bits per heavy atom. The van der Waals surface area contributed by atoms with Gasteiger partial charge in [0, 0.05) is 4.47 Å². The summed E-state index contributed by atoms with van der Waals surface area (Å²) in [6.45, 7) is 2.12. The number of aromatic nitrogens is 2. The van der Waals surface area contributed by atoms with Gasteiger partial charge in [-0.15, -0.1) is 0 Å². The van der Waals surface area contributed by atoms with Crippen molar-refractivity contribution in [2.75, 3.05) is 14.2 Å². The molecule has 2 N–H and O–H groups in total. The molecule has 0 bridgehead atoms. The minimum atomic E-state index is 0.194. The summed E-state index contributed by atoms with van der Waals surface area (Å²) >= 11 is 3.48. The van der Waals surface area contributed by atoms with Crippen LogP contribution >= 0.6 is 15.9 Å². The Morgan fingerprint density at radius 2 is 2.11 bits per heavy atom. The fraction of sp³-hybridized carbons (Fsp3) is 0.333. The van der Waals surface area contributed by atoms with Crippen LogP contribution in [0.25, 0.3) is 11.4 Å². The molecule has 1 heterocycles. The first-order valence-electron chi connectivity index (χ1n) is 5.56. The second-order valence-corrected chi connectivity index (χ2v) is 4.66. The van der Waals surface area contributed by atoms with Gasteiger partial charge in [-0.2, -0.15) is 4.98 Å². The number of benzene rings is 1. The summed E-state index contributed by atoms with van der Waals surface area (Å²) in [5, 5.41) is 3.92. The molecule has 0 unspecified atom stereocenters. The zero-order chi connectivity index (χ0) is 14.0. The predicted octanol–water partition coefficient (Wildman–Crippen LogP) is 2.28. The van der Waals surface area contributed by atoms with E-state index in [0.717, 1.165) is 15.6 Å². The first kappa shape index (κ1) is 13.8. The normalized spacial score (nSPS) is 10.6. The second kappa shape index (κ2) is 5.58. The van der Waals surface area contributed by atoms with E-state index in [1.54, 1.807) is 14.2 Å². The van der Waals surface area contributed by atoms with Gasteiger partial charge in [0.25, 0.3) is 0 Å². The molecule has 7 heteroatoms. The summed E-state index contributed by atoms with van der Waals surface area (Å²) in [6.07, 6.45) is 0. The van der Waals surface area contributed by atoms with Crippen molar-refractivity contribution in [3.63, 3.8) is 0 Å². The average Bonchev–Trinajstić information content (AvgIpc) is 2.89. The van der Waals surface area contributed by atoms with Crippen LogP contribution in [-0.2, 0) is 6.54 Å². The van der Waals surface area contributed by atoms with E-state index >= 15 is 0 Å². The van der Waals surface area contributed by atoms with Gasteiger partial charge in [0.05, 0.1) is 26.3 Å². The largest absolute Gasteiger partial charge is 0.493 e. The lowest BCUT2D eigenvalue weighted by molar-refractivity contribution is 0.354. The number of methoxy groups -OCH3 is 2. The lowest BCUT2D eigenvalue weighted by atomic mass is 10.1. The molecule has 0 spiro atoms. The highest BCUT2D eigenvalue weighted by molar-refractivity contribution is 9.10. The Kier molecular flexibility index (Phi) is 4.06. The molecule has 6 nitrogen and oxygen atoms in total. The molecule has 0 saturated carbocycles. The van der Waals surface area contributed by atoms with Crippen LogP contribution in [0.15, 0.2) is 15.1 Å². The van der Waals surface area contributed by atoms with Crippen molar-refractivity contribution in [1.82, 2.24) is 10.1 Å². The third kappa shape index (κ3) is 2.43. The number of ether oxygens (including phenoxy) is 2. The van der Waals surface area contributed by atoms with E-state index in [1.165, 1.54) is 0 Å². The summed E-state index contributed by atoms with van der Waals surface area (Å²) in [4.78, 5) is 4.23. The molecular formula is C12H14BrN3O3. The number of hydrogen-bond acceptors (Lipinski definition) is 6. The van der Waals surface area contributed by atoms with Crippen molar-refractivity contribution in [3.05, 3.63) is 22.0 Å². The van der Waals surface area contributed by atoms with Gasteiger partial charge in [-0.3, -0.25) is 0 Å². The molecule has 0 aliphatic heterocycles. The van der Waals surface area contributed by atoms with Gasteiger partial charge in [-0.05, 0) is 18.6 Å². The summed E-state index contributed by atoms with van der Waals surface area (Å²) in [5.41, 5.74) is 7.13. The van der Waals surface area contributed by atoms with E-state index in [9.17, 15) is 0 Å². The van der Waals surface area contributed by atoms with Gasteiger partial charge >= 0.3 is 0 Å². The molecule has 2 aromatic rings. The number of rotatable bonds is 4. The van der Waals surface area contributed by atoms with Crippen LogP contribution < -0.4 is 15.2 Å². The van der Waals surface area contributed by atoms with Crippen LogP contribution in [0.4, 0.5) is 0 Å². The smallest absolute Gasteiger partial charge is 0.240 e. The van der Waals surface area contributed by atoms with E-state index in [4.69, 9.17) is 19.7 Å². The molecule has 19 heavy (non-hydrogen) atoms. The highest BCUT2D eigenvalue weighted by Crippen LogP contribution is 2.42. The molecule has 0 atom stereocenters. The van der Waals surface area contributed by atoms with Gasteiger partial charge in [-0.25, -0.2) is 0 Å². The molecule has 0 aliphatic rings. The number of hydrogen-bond donors (Lipinski definition) is 1. The SMILES string of the molecule is COc1cc(Br)c(C)c(-c2noc(CN)n2)c1OC. The molecule has 0 amide bonds. The molecule has 102 valence electrons. The van der Waals surface area contributed by atoms with Crippen LogP contribution in [-0.4, -0.2) is 24.4 Å². The zero-order valence-corrected chi connectivity index (χ0v) is 12.4. The predicted molar refractivity (Wildman–Crippen MR) is 73.2 cm³/mol. The summed E-state index contributed by atoms with van der Waals surface area (Å²) in [6, 6.07) is 1.83. The van der Waals surface area contributed by atoms with Gasteiger partial charge in [0.15, 0.2) is 11.5 Å². The zero-order valence-electron chi connectivity index (χ0n) is 10.9. The molecule has 0 radical (unpaired) electrons. The Bertz CT molecular complexity index is 598. The van der Waals surface area contributed by atoms with Crippen LogP contribution in [0.1, 0.15) is 11.5 Å². The first-order chi connectivity index (χ1) is 9.12. The van der Waals surface area contributed by atoms with E-state index < -0.39 is 0 Å². The van der Waals surface area contributed by atoms with E-state index in [-0.39, 0.29) is 6.54 Å². The van der Waals surface area contributed by atoms with E-state index in [1.807, 2.05) is 13.0 Å². The molecule has 0 aliphatic carbocycles. The number of nitrogens with two attached hydrogens (primary N) is 1. The summed E-state index contributed by atoms with van der Waals surface area (Å²) in [5.74, 6) is 1.95. The number of halogens is 1. The molecule has 0 fully saturated rings. The fourth-order valence-corrected chi connectivity index (χ4v) is 2.17. The summed E-state index contributed by atoms with van der Waals surface area (Å²) in [7, 11) is 3.14. The van der Waals surface area contributed by atoms with Crippen molar-refractivity contribution < 1.29 is 14.0 Å². The standard InChI is InChI=1S/C12H14BrN3O3/c1-6-7(13)4-8(17-2)11(18-3)10(6)12-15-9(5-14)19-16-12/h4H,5,14H2,1-3H3. The van der Waals surface area contributed by atoms with Crippen LogP contribution in [0.2, 0.25) is 0 Å². The number of nitrogens with zero attached hydrogens (tertiary/aromatic N) is 2. The highest BCUT2D eigenvalue weighted by atomic mass is 79.9. The lowest BCUT2D eigenvalue weighted by Gasteiger charge is -2.14. The van der Waals surface area contributed by atoms with Crippen LogP contribution in [0.3, 0.4) is 0 Å². The van der Waals surface area contributed by atoms with Crippen molar-refractivity contribution >= 4 is 15.9 Å². The molecule has 1 aromatic carbocycles. The minimum Gasteiger partial charge on any atom is -0.493 e. The van der Waals surface area contributed by atoms with Gasteiger partial charge in [0.2, 0.25) is 11.7 Å². The Labute approximate surface area is 119 Å². The molecular weight excluding hydrogens is 314 g/mol. The van der Waals surface area contributed by atoms with Crippen molar-refractivity contribution in [2.24, 2.45) is 5.73 Å². The van der Waals surface area contributed by atoms with Crippen LogP contribution in [0, 0.1) is 6.92 Å². The maximum absolute atomic E-state index is 5.47. The fourth-order valence-electron chi connectivity index (χ4n) is 1.76. The quantitative estimate of drug-likeness (QED) is 0.927. The highest BCUT2D eigenvalue weighted by Gasteiger charge is 2.21. The van der Waals surface area contributed by atoms with Crippen molar-refractivity contribution in [2.45, 2.75) is 13.5 Å². The Balaban J connectivity index is 2.69. The third-order valence-corrected chi connectivity index (χ3v) is 3.56.